The lowest BCUT2D eigenvalue weighted by Crippen LogP contribution is -1.97. The van der Waals surface area contributed by atoms with Gasteiger partial charge >= 0.3 is 0 Å². The quantitative estimate of drug-likeness (QED) is 0.677. The number of benzene rings is 1. The van der Waals surface area contributed by atoms with Gasteiger partial charge in [0.2, 0.25) is 0 Å². The Bertz CT molecular complexity index is 670. The fourth-order valence-corrected chi connectivity index (χ4v) is 1.60. The van der Waals surface area contributed by atoms with E-state index in [0.717, 1.165) is 6.20 Å². The van der Waals surface area contributed by atoms with Gasteiger partial charge in [0.15, 0.2) is 0 Å². The van der Waals surface area contributed by atoms with Gasteiger partial charge in [-0.1, -0.05) is 6.07 Å². The molecule has 0 saturated heterocycles. The lowest BCUT2D eigenvalue weighted by Gasteiger charge is -2.06. The number of aryl methyl sites for hydroxylation is 1. The van der Waals surface area contributed by atoms with E-state index in [1.807, 2.05) is 0 Å². The number of nitrogens with zero attached hydrogens (tertiary/aromatic N) is 3. The highest BCUT2D eigenvalue weighted by Gasteiger charge is 2.11. The molecule has 1 aromatic carbocycles. The van der Waals surface area contributed by atoms with Crippen LogP contribution < -0.4 is 5.32 Å². The molecule has 1 aromatic heterocycles. The second-order valence-electron chi connectivity index (χ2n) is 4.04. The number of anilines is 2. The average Bonchev–Trinajstić information content (AvgIpc) is 2.41. The Morgan fingerprint density at radius 1 is 1.10 bits per heavy atom. The van der Waals surface area contributed by atoms with Crippen molar-refractivity contribution in [3.05, 3.63) is 62.3 Å². The molecule has 0 aliphatic heterocycles. The maximum absolute atomic E-state index is 10.8. The molecule has 20 heavy (non-hydrogen) atoms. The molecule has 2 aromatic rings. The number of nitrogens with one attached hydrogen (secondary N) is 1. The van der Waals surface area contributed by atoms with Gasteiger partial charge in [0.25, 0.3) is 11.4 Å². The van der Waals surface area contributed by atoms with Crippen molar-refractivity contribution in [2.75, 3.05) is 5.32 Å². The van der Waals surface area contributed by atoms with Crippen LogP contribution in [0.2, 0.25) is 0 Å². The first-order valence-electron chi connectivity index (χ1n) is 5.60. The summed E-state index contributed by atoms with van der Waals surface area (Å²) in [7, 11) is 0. The van der Waals surface area contributed by atoms with Crippen LogP contribution in [0, 0.1) is 27.2 Å². The van der Waals surface area contributed by atoms with Gasteiger partial charge in [0.05, 0.1) is 9.85 Å². The zero-order valence-electron chi connectivity index (χ0n) is 10.4. The van der Waals surface area contributed by atoms with E-state index in [-0.39, 0.29) is 11.4 Å². The third-order valence-corrected chi connectivity index (χ3v) is 2.64. The molecule has 102 valence electrons. The Morgan fingerprint density at radius 3 is 2.40 bits per heavy atom. The topological polar surface area (TPSA) is 111 Å². The minimum atomic E-state index is -0.548. The second-order valence-corrected chi connectivity index (χ2v) is 4.04. The van der Waals surface area contributed by atoms with Crippen LogP contribution in [-0.2, 0) is 0 Å². The van der Waals surface area contributed by atoms with E-state index in [9.17, 15) is 20.2 Å². The summed E-state index contributed by atoms with van der Waals surface area (Å²) in [4.78, 5) is 24.2. The summed E-state index contributed by atoms with van der Waals surface area (Å²) in [5, 5.41) is 24.2. The van der Waals surface area contributed by atoms with Crippen LogP contribution in [0.4, 0.5) is 22.9 Å². The molecule has 8 nitrogen and oxygen atoms in total. The highest BCUT2D eigenvalue weighted by atomic mass is 16.6. The molecule has 0 atom stereocenters. The molecular formula is C12H10N4O4. The molecule has 8 heteroatoms. The first-order chi connectivity index (χ1) is 9.47. The van der Waals surface area contributed by atoms with Gasteiger partial charge in [-0.25, -0.2) is 4.98 Å². The van der Waals surface area contributed by atoms with E-state index in [0.29, 0.717) is 17.1 Å². The molecule has 0 bridgehead atoms. The van der Waals surface area contributed by atoms with Gasteiger partial charge in [0, 0.05) is 23.4 Å². The second kappa shape index (κ2) is 5.31. The lowest BCUT2D eigenvalue weighted by atomic mass is 10.2. The highest BCUT2D eigenvalue weighted by Crippen LogP contribution is 2.24. The molecule has 1 N–H and O–H groups in total. The summed E-state index contributed by atoms with van der Waals surface area (Å²) >= 11 is 0. The van der Waals surface area contributed by atoms with Gasteiger partial charge in [0.1, 0.15) is 12.0 Å². The van der Waals surface area contributed by atoms with E-state index in [1.54, 1.807) is 19.1 Å². The first kappa shape index (κ1) is 13.4. The van der Waals surface area contributed by atoms with Crippen molar-refractivity contribution in [3.63, 3.8) is 0 Å². The fraction of sp³-hybridized carbons (Fsp3) is 0.0833. The number of nitro benzene ring substituents is 1. The molecule has 0 amide bonds. The number of rotatable bonds is 4. The Balaban J connectivity index is 2.23. The number of nitro groups is 2. The molecule has 1 heterocycles. The van der Waals surface area contributed by atoms with Crippen LogP contribution in [-0.4, -0.2) is 14.8 Å². The van der Waals surface area contributed by atoms with Crippen LogP contribution in [0.3, 0.4) is 0 Å². The van der Waals surface area contributed by atoms with Crippen molar-refractivity contribution in [2.24, 2.45) is 0 Å². The predicted octanol–water partition coefficient (Wildman–Crippen LogP) is 2.95. The molecule has 2 rings (SSSR count). The van der Waals surface area contributed by atoms with E-state index in [4.69, 9.17) is 0 Å². The monoisotopic (exact) mass is 274 g/mol. The maximum atomic E-state index is 10.8. The zero-order valence-corrected chi connectivity index (χ0v) is 10.4. The number of aromatic nitrogens is 1. The van der Waals surface area contributed by atoms with Crippen molar-refractivity contribution in [2.45, 2.75) is 6.92 Å². The van der Waals surface area contributed by atoms with Crippen molar-refractivity contribution < 1.29 is 9.85 Å². The maximum Gasteiger partial charge on any atom is 0.287 e. The minimum absolute atomic E-state index is 0.00286. The molecular weight excluding hydrogens is 264 g/mol. The van der Waals surface area contributed by atoms with Gasteiger partial charge in [-0.05, 0) is 19.1 Å². The molecule has 0 fully saturated rings. The van der Waals surface area contributed by atoms with Crippen molar-refractivity contribution in [1.29, 1.82) is 0 Å². The van der Waals surface area contributed by atoms with Crippen LogP contribution >= 0.6 is 0 Å². The van der Waals surface area contributed by atoms with Crippen molar-refractivity contribution in [1.82, 2.24) is 4.98 Å². The van der Waals surface area contributed by atoms with Crippen molar-refractivity contribution in [3.8, 4) is 0 Å². The Morgan fingerprint density at radius 2 is 1.85 bits per heavy atom. The third kappa shape index (κ3) is 2.86. The van der Waals surface area contributed by atoms with Gasteiger partial charge in [-0.3, -0.25) is 20.2 Å². The van der Waals surface area contributed by atoms with E-state index in [2.05, 4.69) is 10.3 Å². The standard InChI is InChI=1S/C12H10N4O4/c1-8-2-3-9(6-11(8)16(19)20)14-12-5-4-10(7-13-12)15(17)18/h2-7H,1H3,(H,13,14). The smallest absolute Gasteiger partial charge is 0.287 e. The average molecular weight is 274 g/mol. The third-order valence-electron chi connectivity index (χ3n) is 2.64. The van der Waals surface area contributed by atoms with Crippen LogP contribution in [0.1, 0.15) is 5.56 Å². The van der Waals surface area contributed by atoms with Crippen molar-refractivity contribution >= 4 is 22.9 Å². The SMILES string of the molecule is Cc1ccc(Nc2ccc([N+](=O)[O-])cn2)cc1[N+](=O)[O-]. The number of hydrogen-bond acceptors (Lipinski definition) is 6. The number of pyridine rings is 1. The van der Waals surface area contributed by atoms with E-state index < -0.39 is 9.85 Å². The molecule has 0 aliphatic rings. The Labute approximate surface area is 113 Å². The van der Waals surface area contributed by atoms with Gasteiger partial charge in [-0.2, -0.15) is 0 Å². The van der Waals surface area contributed by atoms with E-state index in [1.165, 1.54) is 18.2 Å². The summed E-state index contributed by atoms with van der Waals surface area (Å²) in [5.74, 6) is 0.369. The fourth-order valence-electron chi connectivity index (χ4n) is 1.60. The summed E-state index contributed by atoms with van der Waals surface area (Å²) in [6.45, 7) is 1.64. The zero-order chi connectivity index (χ0) is 14.7. The summed E-state index contributed by atoms with van der Waals surface area (Å²) in [5.41, 5.74) is 0.920. The summed E-state index contributed by atoms with van der Waals surface area (Å²) < 4.78 is 0. The Kier molecular flexibility index (Phi) is 3.56. The predicted molar refractivity (Wildman–Crippen MR) is 72.0 cm³/mol. The van der Waals surface area contributed by atoms with Crippen LogP contribution in [0.25, 0.3) is 0 Å². The molecule has 0 unspecified atom stereocenters. The largest absolute Gasteiger partial charge is 0.340 e. The lowest BCUT2D eigenvalue weighted by molar-refractivity contribution is -0.385. The molecule has 0 aliphatic carbocycles. The normalized spacial score (nSPS) is 10.1. The highest BCUT2D eigenvalue weighted by molar-refractivity contribution is 5.61. The van der Waals surface area contributed by atoms with Gasteiger partial charge in [-0.15, -0.1) is 0 Å². The summed E-state index contributed by atoms with van der Waals surface area (Å²) in [6.07, 6.45) is 1.12. The van der Waals surface area contributed by atoms with Crippen LogP contribution in [0.5, 0.6) is 0 Å². The minimum Gasteiger partial charge on any atom is -0.340 e. The van der Waals surface area contributed by atoms with E-state index >= 15 is 0 Å². The Hall–Kier alpha value is -3.03. The summed E-state index contributed by atoms with van der Waals surface area (Å²) in [6, 6.07) is 7.41. The molecule has 0 saturated carbocycles. The van der Waals surface area contributed by atoms with Gasteiger partial charge < -0.3 is 5.32 Å². The van der Waals surface area contributed by atoms with Crippen LogP contribution in [0.15, 0.2) is 36.5 Å². The molecule has 0 radical (unpaired) electrons. The first-order valence-corrected chi connectivity index (χ1v) is 5.60. The number of hydrogen-bond donors (Lipinski definition) is 1. The molecule has 0 spiro atoms.